The summed E-state index contributed by atoms with van der Waals surface area (Å²) < 4.78 is 0. The van der Waals surface area contributed by atoms with E-state index in [-0.39, 0.29) is 0 Å². The average Bonchev–Trinajstić information content (AvgIpc) is 2.95. The minimum Gasteiger partial charge on any atom is -0.478 e. The van der Waals surface area contributed by atoms with Crippen molar-refractivity contribution >= 4 is 5.97 Å². The number of carboxylic acids is 1. The minimum absolute atomic E-state index is 0.345. The Morgan fingerprint density at radius 2 is 2.09 bits per heavy atom. The van der Waals surface area contributed by atoms with Crippen LogP contribution in [0.25, 0.3) is 11.4 Å². The number of aromatic carboxylic acids is 1. The largest absolute Gasteiger partial charge is 0.478 e. The number of aromatic amines is 1. The molecule has 0 saturated heterocycles. The van der Waals surface area contributed by atoms with Crippen molar-refractivity contribution in [3.8, 4) is 11.4 Å². The molecule has 0 spiro atoms. The molecule has 23 heavy (non-hydrogen) atoms. The van der Waals surface area contributed by atoms with Gasteiger partial charge in [0, 0.05) is 12.0 Å². The van der Waals surface area contributed by atoms with E-state index in [1.54, 1.807) is 6.07 Å². The minimum atomic E-state index is -0.895. The lowest BCUT2D eigenvalue weighted by Gasteiger charge is -2.27. The Kier molecular flexibility index (Phi) is 4.20. The Hall–Kier alpha value is -2.17. The summed E-state index contributed by atoms with van der Waals surface area (Å²) in [6, 6.07) is 1.75. The number of hydrogen-bond acceptors (Lipinski definition) is 3. The predicted molar refractivity (Wildman–Crippen MR) is 88.7 cm³/mol. The molecule has 0 unspecified atom stereocenters. The smallest absolute Gasteiger partial charge is 0.335 e. The Morgan fingerprint density at radius 1 is 1.35 bits per heavy atom. The number of aromatic nitrogens is 3. The fraction of sp³-hybridized carbons (Fsp3) is 0.500. The number of H-pyrrole nitrogens is 1. The molecule has 1 saturated carbocycles. The molecule has 2 aromatic rings. The van der Waals surface area contributed by atoms with Crippen LogP contribution in [0.15, 0.2) is 6.07 Å². The number of carbonyl (C=O) groups is 1. The van der Waals surface area contributed by atoms with E-state index in [1.807, 2.05) is 20.8 Å². The first-order chi connectivity index (χ1) is 11.0. The van der Waals surface area contributed by atoms with Crippen LogP contribution in [0.5, 0.6) is 0 Å². The van der Waals surface area contributed by atoms with Gasteiger partial charge in [0.2, 0.25) is 0 Å². The van der Waals surface area contributed by atoms with Crippen molar-refractivity contribution in [1.29, 1.82) is 0 Å². The van der Waals surface area contributed by atoms with Gasteiger partial charge in [-0.25, -0.2) is 9.78 Å². The van der Waals surface area contributed by atoms with Crippen LogP contribution in [0.1, 0.15) is 59.1 Å². The molecule has 1 aliphatic rings. The topological polar surface area (TPSA) is 78.9 Å². The fourth-order valence-corrected chi connectivity index (χ4v) is 3.21. The molecule has 2 N–H and O–H groups in total. The van der Waals surface area contributed by atoms with Gasteiger partial charge in [0.15, 0.2) is 5.82 Å². The van der Waals surface area contributed by atoms with E-state index in [1.165, 1.54) is 24.8 Å². The van der Waals surface area contributed by atoms with Crippen molar-refractivity contribution < 1.29 is 9.90 Å². The summed E-state index contributed by atoms with van der Waals surface area (Å²) in [4.78, 5) is 16.1. The molecule has 1 aliphatic carbocycles. The standard InChI is InChI=1S/C18H23N3O2/c1-4-16-19-17(21-20-16)15-9-14(18(22)23)11(3)10(2)13(15)8-12-6-5-7-12/h9,12H,4-8H2,1-3H3,(H,22,23)(H,19,20,21). The van der Waals surface area contributed by atoms with Crippen molar-refractivity contribution in [3.63, 3.8) is 0 Å². The molecule has 122 valence electrons. The number of benzene rings is 1. The van der Waals surface area contributed by atoms with Gasteiger partial charge in [0.05, 0.1) is 5.56 Å². The summed E-state index contributed by atoms with van der Waals surface area (Å²) in [6.07, 6.45) is 5.57. The van der Waals surface area contributed by atoms with Crippen LogP contribution in [0.4, 0.5) is 0 Å². The van der Waals surface area contributed by atoms with Gasteiger partial charge in [0.25, 0.3) is 0 Å². The predicted octanol–water partition coefficient (Wildman–Crippen LogP) is 3.69. The zero-order chi connectivity index (χ0) is 16.6. The van der Waals surface area contributed by atoms with E-state index >= 15 is 0 Å². The van der Waals surface area contributed by atoms with Gasteiger partial charge >= 0.3 is 5.97 Å². The molecule has 3 rings (SSSR count). The average molecular weight is 313 g/mol. The monoisotopic (exact) mass is 313 g/mol. The Balaban J connectivity index is 2.14. The zero-order valence-electron chi connectivity index (χ0n) is 13.9. The zero-order valence-corrected chi connectivity index (χ0v) is 13.9. The van der Waals surface area contributed by atoms with Crippen LogP contribution in [0.3, 0.4) is 0 Å². The highest BCUT2D eigenvalue weighted by atomic mass is 16.4. The van der Waals surface area contributed by atoms with Crippen LogP contribution >= 0.6 is 0 Å². The van der Waals surface area contributed by atoms with E-state index in [0.29, 0.717) is 17.3 Å². The van der Waals surface area contributed by atoms with Crippen molar-refractivity contribution in [2.75, 3.05) is 0 Å². The van der Waals surface area contributed by atoms with Crippen molar-refractivity contribution in [1.82, 2.24) is 15.2 Å². The summed E-state index contributed by atoms with van der Waals surface area (Å²) in [7, 11) is 0. The van der Waals surface area contributed by atoms with Gasteiger partial charge in [-0.05, 0) is 48.9 Å². The van der Waals surface area contributed by atoms with Crippen molar-refractivity contribution in [3.05, 3.63) is 34.1 Å². The number of rotatable bonds is 5. The molecule has 1 aromatic heterocycles. The molecule has 1 fully saturated rings. The Morgan fingerprint density at radius 3 is 2.61 bits per heavy atom. The van der Waals surface area contributed by atoms with Gasteiger partial charge in [-0.15, -0.1) is 0 Å². The lowest BCUT2D eigenvalue weighted by molar-refractivity contribution is 0.0696. The first kappa shape index (κ1) is 15.7. The van der Waals surface area contributed by atoms with E-state index in [0.717, 1.165) is 35.4 Å². The second kappa shape index (κ2) is 6.14. The maximum atomic E-state index is 11.6. The van der Waals surface area contributed by atoms with Crippen LogP contribution in [-0.4, -0.2) is 26.3 Å². The molecule has 5 nitrogen and oxygen atoms in total. The quantitative estimate of drug-likeness (QED) is 0.882. The maximum absolute atomic E-state index is 11.6. The number of hydrogen-bond donors (Lipinski definition) is 2. The van der Waals surface area contributed by atoms with Gasteiger partial charge in [-0.2, -0.15) is 5.10 Å². The third-order valence-corrected chi connectivity index (χ3v) is 5.09. The summed E-state index contributed by atoms with van der Waals surface area (Å²) in [6.45, 7) is 5.93. The number of aryl methyl sites for hydroxylation is 1. The van der Waals surface area contributed by atoms with Gasteiger partial charge in [-0.3, -0.25) is 5.10 Å². The molecule has 0 amide bonds. The van der Waals surface area contributed by atoms with Gasteiger partial charge in [0.1, 0.15) is 5.82 Å². The van der Waals surface area contributed by atoms with E-state index in [2.05, 4.69) is 15.2 Å². The molecule has 1 heterocycles. The molecule has 0 atom stereocenters. The van der Waals surface area contributed by atoms with Crippen LogP contribution in [-0.2, 0) is 12.8 Å². The first-order valence-corrected chi connectivity index (χ1v) is 8.29. The maximum Gasteiger partial charge on any atom is 0.335 e. The Labute approximate surface area is 136 Å². The lowest BCUT2D eigenvalue weighted by Crippen LogP contribution is -2.16. The fourth-order valence-electron chi connectivity index (χ4n) is 3.21. The number of carboxylic acid groups (broad SMARTS) is 1. The molecule has 0 radical (unpaired) electrons. The summed E-state index contributed by atoms with van der Waals surface area (Å²) in [5.74, 6) is 1.24. The molecular weight excluding hydrogens is 290 g/mol. The van der Waals surface area contributed by atoms with E-state index < -0.39 is 5.97 Å². The normalized spacial score (nSPS) is 14.7. The summed E-state index contributed by atoms with van der Waals surface area (Å²) >= 11 is 0. The lowest BCUT2D eigenvalue weighted by atomic mass is 9.78. The molecule has 0 bridgehead atoms. The number of nitrogens with one attached hydrogen (secondary N) is 1. The van der Waals surface area contributed by atoms with E-state index in [9.17, 15) is 9.90 Å². The molecule has 0 aliphatic heterocycles. The first-order valence-electron chi connectivity index (χ1n) is 8.29. The van der Waals surface area contributed by atoms with Gasteiger partial charge in [-0.1, -0.05) is 26.2 Å². The van der Waals surface area contributed by atoms with Crippen molar-refractivity contribution in [2.24, 2.45) is 5.92 Å². The highest BCUT2D eigenvalue weighted by Gasteiger charge is 2.24. The van der Waals surface area contributed by atoms with Crippen molar-refractivity contribution in [2.45, 2.75) is 52.9 Å². The highest BCUT2D eigenvalue weighted by Crippen LogP contribution is 2.36. The van der Waals surface area contributed by atoms with Crippen LogP contribution in [0.2, 0.25) is 0 Å². The van der Waals surface area contributed by atoms with E-state index in [4.69, 9.17) is 0 Å². The second-order valence-corrected chi connectivity index (χ2v) is 6.47. The summed E-state index contributed by atoms with van der Waals surface area (Å²) in [5.41, 5.74) is 4.33. The molecular formula is C18H23N3O2. The van der Waals surface area contributed by atoms with Crippen LogP contribution < -0.4 is 0 Å². The summed E-state index contributed by atoms with van der Waals surface area (Å²) in [5, 5.41) is 16.7. The molecule has 5 heteroatoms. The third-order valence-electron chi connectivity index (χ3n) is 5.09. The SMILES string of the molecule is CCc1nc(-c2cc(C(=O)O)c(C)c(C)c2CC2CCC2)n[nH]1. The van der Waals surface area contributed by atoms with Crippen LogP contribution in [0, 0.1) is 19.8 Å². The second-order valence-electron chi connectivity index (χ2n) is 6.47. The number of nitrogens with zero attached hydrogens (tertiary/aromatic N) is 2. The van der Waals surface area contributed by atoms with Gasteiger partial charge < -0.3 is 5.11 Å². The Bertz CT molecular complexity index is 745. The molecule has 1 aromatic carbocycles. The highest BCUT2D eigenvalue weighted by molar-refractivity contribution is 5.92. The third kappa shape index (κ3) is 2.87.